The lowest BCUT2D eigenvalue weighted by Gasteiger charge is -2.57. The van der Waals surface area contributed by atoms with E-state index in [2.05, 4.69) is 26.0 Å². The van der Waals surface area contributed by atoms with Gasteiger partial charge >= 0.3 is 0 Å². The first-order chi connectivity index (χ1) is 23.6. The fourth-order valence-corrected chi connectivity index (χ4v) is 22.2. The summed E-state index contributed by atoms with van der Waals surface area (Å²) in [6.45, 7) is 5.05. The van der Waals surface area contributed by atoms with E-state index in [0.717, 1.165) is 88.1 Å². The molecule has 7 aliphatic carbocycles. The molecule has 0 radical (unpaired) electrons. The molecule has 0 spiro atoms. The first-order valence-electron chi connectivity index (χ1n) is 22.7. The topological polar surface area (TPSA) is 0 Å². The van der Waals surface area contributed by atoms with Crippen LogP contribution in [0.3, 0.4) is 0 Å². The van der Waals surface area contributed by atoms with E-state index >= 15 is 0 Å². The molecule has 6 saturated carbocycles. The second-order valence-corrected chi connectivity index (χ2v) is 23.9. The Morgan fingerprint density at radius 1 is 0.521 bits per heavy atom. The van der Waals surface area contributed by atoms with Gasteiger partial charge in [0.2, 0.25) is 0 Å². The van der Waals surface area contributed by atoms with Crippen molar-refractivity contribution in [2.24, 2.45) is 82.9 Å². The molecular weight excluding hydrogens is 616 g/mol. The minimum Gasteiger partial charge on any atom is -0.176 e. The summed E-state index contributed by atoms with van der Waals surface area (Å²) >= 11 is 4.87. The SMILES string of the molecule is CCC1CCC2C(C3CCC(C4CCC5CCC6CCCC4P65)CC3)CCC3C=CC(C)C1C32.SC1CC2CCCC2C2CCCCC12. The van der Waals surface area contributed by atoms with E-state index < -0.39 is 0 Å². The average Bonchev–Trinajstić information content (AvgIpc) is 3.79. The van der Waals surface area contributed by atoms with Crippen molar-refractivity contribution in [3.63, 3.8) is 0 Å². The summed E-state index contributed by atoms with van der Waals surface area (Å²) in [6.07, 6.45) is 42.9. The molecule has 9 fully saturated rings. The van der Waals surface area contributed by atoms with Gasteiger partial charge in [-0.2, -0.15) is 12.6 Å². The normalized spacial score (nSPS) is 55.4. The van der Waals surface area contributed by atoms with Crippen LogP contribution in [0.25, 0.3) is 0 Å². The molecule has 0 aromatic carbocycles. The minimum atomic E-state index is 0.422. The number of thiol groups is 1. The van der Waals surface area contributed by atoms with Crippen LogP contribution in [0.2, 0.25) is 0 Å². The molecule has 3 saturated heterocycles. The second kappa shape index (κ2) is 14.7. The zero-order valence-corrected chi connectivity index (χ0v) is 33.2. The molecule has 17 atom stereocenters. The van der Waals surface area contributed by atoms with Gasteiger partial charge in [-0.3, -0.25) is 0 Å². The van der Waals surface area contributed by atoms with Crippen molar-refractivity contribution in [2.75, 3.05) is 0 Å². The third kappa shape index (κ3) is 6.22. The molecule has 10 rings (SSSR count). The number of hydrogen-bond acceptors (Lipinski definition) is 1. The summed E-state index contributed by atoms with van der Waals surface area (Å²) in [5, 5.41) is 0.750. The minimum absolute atomic E-state index is 0.422. The van der Waals surface area contributed by atoms with Gasteiger partial charge in [0, 0.05) is 5.25 Å². The van der Waals surface area contributed by atoms with Crippen LogP contribution in [0.15, 0.2) is 12.2 Å². The van der Waals surface area contributed by atoms with Gasteiger partial charge in [-0.15, -0.1) is 0 Å². The summed E-state index contributed by atoms with van der Waals surface area (Å²) in [6, 6.07) is 0. The Kier molecular flexibility index (Phi) is 10.5. The highest BCUT2D eigenvalue weighted by molar-refractivity contribution is 7.81. The Bertz CT molecular complexity index is 1100. The number of fused-ring (bicyclic) bond motifs is 3. The van der Waals surface area contributed by atoms with Crippen LogP contribution in [0.1, 0.15) is 168 Å². The van der Waals surface area contributed by atoms with Gasteiger partial charge in [-0.1, -0.05) is 72.4 Å². The van der Waals surface area contributed by atoms with Crippen molar-refractivity contribution in [3.8, 4) is 0 Å². The molecule has 10 aliphatic rings. The standard InChI is InChI=1S/C33H53P.C13H22S/c1-3-22-13-19-30-28(18-14-25-8-7-21(2)32(22)33(25)30)23-9-11-24(12-10-23)29-20-17-27-16-15-26-5-4-6-31(29)34(26)27;14-13-8-9-4-3-7-10(9)11-5-1-2-6-12(11)13/h7-8,21-33H,3-6,9-20H2,1-2H3;9-14H,1-8H2. The molecule has 3 heterocycles. The van der Waals surface area contributed by atoms with E-state index in [-0.39, 0.29) is 0 Å². The molecule has 270 valence electrons. The number of allylic oxidation sites excluding steroid dienone is 2. The first kappa shape index (κ1) is 34.3. The summed E-state index contributed by atoms with van der Waals surface area (Å²) in [5.74, 6) is 14.7. The lowest BCUT2D eigenvalue weighted by Crippen LogP contribution is -2.50. The quantitative estimate of drug-likeness (QED) is 0.170. The summed E-state index contributed by atoms with van der Waals surface area (Å²) in [7, 11) is 0.422. The van der Waals surface area contributed by atoms with Crippen molar-refractivity contribution in [1.82, 2.24) is 0 Å². The zero-order chi connectivity index (χ0) is 32.4. The van der Waals surface area contributed by atoms with Gasteiger partial charge in [-0.25, -0.2) is 0 Å². The van der Waals surface area contributed by atoms with Crippen molar-refractivity contribution in [2.45, 2.75) is 190 Å². The predicted octanol–water partition coefficient (Wildman–Crippen LogP) is 13.6. The molecule has 0 bridgehead atoms. The second-order valence-electron chi connectivity index (χ2n) is 20.2. The van der Waals surface area contributed by atoms with Crippen LogP contribution in [0.4, 0.5) is 0 Å². The van der Waals surface area contributed by atoms with Gasteiger partial charge in [0.1, 0.15) is 0 Å². The monoisotopic (exact) mass is 691 g/mol. The lowest BCUT2D eigenvalue weighted by molar-refractivity contribution is -0.0563. The van der Waals surface area contributed by atoms with Crippen LogP contribution in [-0.2, 0) is 0 Å². The maximum Gasteiger partial charge on any atom is 0.00505 e. The summed E-state index contributed by atoms with van der Waals surface area (Å²) < 4.78 is 0. The summed E-state index contributed by atoms with van der Waals surface area (Å²) in [4.78, 5) is 0. The van der Waals surface area contributed by atoms with Crippen molar-refractivity contribution in [3.05, 3.63) is 12.2 Å². The fourth-order valence-electron chi connectivity index (χ4n) is 16.8. The highest BCUT2D eigenvalue weighted by atomic mass is 32.1. The van der Waals surface area contributed by atoms with E-state index in [1.54, 1.807) is 96.3 Å². The maximum atomic E-state index is 4.87. The Labute approximate surface area is 304 Å². The highest BCUT2D eigenvalue weighted by Crippen LogP contribution is 2.70. The third-order valence-corrected chi connectivity index (χ3v) is 23.4. The Morgan fingerprint density at radius 3 is 1.98 bits per heavy atom. The Hall–Kier alpha value is 0.520. The molecule has 48 heavy (non-hydrogen) atoms. The smallest absolute Gasteiger partial charge is 0.00505 e. The fraction of sp³-hybridized carbons (Fsp3) is 0.957. The highest BCUT2D eigenvalue weighted by Gasteiger charge is 2.53. The maximum absolute atomic E-state index is 4.87. The van der Waals surface area contributed by atoms with Crippen LogP contribution >= 0.6 is 20.6 Å². The number of hydrogen-bond donors (Lipinski definition) is 1. The van der Waals surface area contributed by atoms with Crippen molar-refractivity contribution >= 4 is 20.6 Å². The van der Waals surface area contributed by atoms with E-state index in [1.807, 2.05) is 0 Å². The molecule has 17 unspecified atom stereocenters. The van der Waals surface area contributed by atoms with Gasteiger partial charge in [0.05, 0.1) is 0 Å². The Balaban J connectivity index is 0.000000186. The zero-order valence-electron chi connectivity index (χ0n) is 31.4. The van der Waals surface area contributed by atoms with E-state index in [1.165, 1.54) is 74.8 Å². The molecular formula is C46H75PS. The van der Waals surface area contributed by atoms with Gasteiger partial charge in [0.25, 0.3) is 0 Å². The molecule has 2 heteroatoms. The van der Waals surface area contributed by atoms with Gasteiger partial charge < -0.3 is 0 Å². The van der Waals surface area contributed by atoms with Crippen LogP contribution in [0.5, 0.6) is 0 Å². The molecule has 3 aliphatic heterocycles. The van der Waals surface area contributed by atoms with E-state index in [0.29, 0.717) is 7.92 Å². The van der Waals surface area contributed by atoms with Gasteiger partial charge in [0.15, 0.2) is 0 Å². The van der Waals surface area contributed by atoms with Crippen LogP contribution < -0.4 is 0 Å². The summed E-state index contributed by atoms with van der Waals surface area (Å²) in [5.41, 5.74) is 3.64. The molecule has 0 N–H and O–H groups in total. The molecule has 0 amide bonds. The average molecular weight is 691 g/mol. The van der Waals surface area contributed by atoms with Crippen LogP contribution in [-0.4, -0.2) is 22.2 Å². The predicted molar refractivity (Wildman–Crippen MR) is 211 cm³/mol. The number of rotatable bonds is 3. The van der Waals surface area contributed by atoms with Crippen molar-refractivity contribution < 1.29 is 0 Å². The molecule has 0 nitrogen and oxygen atoms in total. The molecule has 0 aromatic rings. The third-order valence-electron chi connectivity index (χ3n) is 18.7. The Morgan fingerprint density at radius 2 is 1.17 bits per heavy atom. The first-order valence-corrected chi connectivity index (χ1v) is 24.8. The largest absolute Gasteiger partial charge is 0.176 e. The molecule has 0 aromatic heterocycles. The van der Waals surface area contributed by atoms with E-state index in [9.17, 15) is 0 Å². The lowest BCUT2D eigenvalue weighted by atomic mass is 9.48. The van der Waals surface area contributed by atoms with E-state index in [4.69, 9.17) is 12.6 Å². The van der Waals surface area contributed by atoms with Crippen molar-refractivity contribution in [1.29, 1.82) is 0 Å². The van der Waals surface area contributed by atoms with Gasteiger partial charge in [-0.05, 0) is 215 Å². The van der Waals surface area contributed by atoms with Crippen LogP contribution in [0, 0.1) is 82.9 Å².